The molecule has 2 aliphatic heterocycles. The van der Waals surface area contributed by atoms with E-state index < -0.39 is 0 Å². The number of aromatic nitrogens is 5. The van der Waals surface area contributed by atoms with Gasteiger partial charge in [-0.3, -0.25) is 5.43 Å². The zero-order valence-corrected chi connectivity index (χ0v) is 18.0. The summed E-state index contributed by atoms with van der Waals surface area (Å²) in [7, 11) is 1.94. The van der Waals surface area contributed by atoms with Gasteiger partial charge in [-0.1, -0.05) is 5.21 Å². The lowest BCUT2D eigenvalue weighted by Gasteiger charge is -2.34. The first-order chi connectivity index (χ1) is 14.0. The van der Waals surface area contributed by atoms with Gasteiger partial charge in [0.15, 0.2) is 0 Å². The van der Waals surface area contributed by atoms with E-state index in [1.165, 1.54) is 11.5 Å². The predicted molar refractivity (Wildman–Crippen MR) is 113 cm³/mol. The third-order valence-corrected chi connectivity index (χ3v) is 6.66. The van der Waals surface area contributed by atoms with Crippen LogP contribution in [0.1, 0.15) is 37.7 Å². The molecule has 29 heavy (non-hydrogen) atoms. The van der Waals surface area contributed by atoms with E-state index in [1.807, 2.05) is 18.7 Å². The molecule has 3 atom stereocenters. The Morgan fingerprint density at radius 1 is 1.28 bits per heavy atom. The lowest BCUT2D eigenvalue weighted by molar-refractivity contribution is 0.0986. The second-order valence-electron chi connectivity index (χ2n) is 8.02. The van der Waals surface area contributed by atoms with Crippen molar-refractivity contribution < 1.29 is 4.74 Å². The fourth-order valence-electron chi connectivity index (χ4n) is 4.27. The minimum absolute atomic E-state index is 0.155. The lowest BCUT2D eigenvalue weighted by atomic mass is 10.0. The van der Waals surface area contributed by atoms with Crippen molar-refractivity contribution in [2.75, 3.05) is 24.7 Å². The lowest BCUT2D eigenvalue weighted by Crippen LogP contribution is -2.44. The van der Waals surface area contributed by atoms with Gasteiger partial charge >= 0.3 is 0 Å². The maximum absolute atomic E-state index is 5.64. The summed E-state index contributed by atoms with van der Waals surface area (Å²) in [5.74, 6) is 0.962. The van der Waals surface area contributed by atoms with E-state index in [-0.39, 0.29) is 12.1 Å². The monoisotopic (exact) mass is 414 g/mol. The van der Waals surface area contributed by atoms with Crippen molar-refractivity contribution in [1.29, 1.82) is 0 Å². The molecule has 0 radical (unpaired) electrons. The molecule has 154 valence electrons. The Labute approximate surface area is 173 Å². The van der Waals surface area contributed by atoms with E-state index in [9.17, 15) is 0 Å². The quantitative estimate of drug-likeness (QED) is 0.672. The molecule has 2 fully saturated rings. The number of aryl methyl sites for hydroxylation is 2. The predicted octanol–water partition coefficient (Wildman–Crippen LogP) is 1.95. The normalized spacial score (nSPS) is 25.2. The van der Waals surface area contributed by atoms with Crippen LogP contribution >= 0.6 is 11.5 Å². The number of ether oxygens (including phenoxy) is 1. The summed E-state index contributed by atoms with van der Waals surface area (Å²) in [6.45, 7) is 8.60. The number of hydrogen-bond acceptors (Lipinski definition) is 9. The highest BCUT2D eigenvalue weighted by atomic mass is 32.1. The molecule has 0 bridgehead atoms. The van der Waals surface area contributed by atoms with Crippen molar-refractivity contribution >= 4 is 27.6 Å². The highest BCUT2D eigenvalue weighted by Gasteiger charge is 2.30. The minimum Gasteiger partial charge on any atom is -0.377 e. The summed E-state index contributed by atoms with van der Waals surface area (Å²) in [5, 5.41) is 8.50. The number of hydrogen-bond donors (Lipinski definition) is 2. The highest BCUT2D eigenvalue weighted by Crippen LogP contribution is 2.39. The molecule has 9 nitrogen and oxygen atoms in total. The maximum Gasteiger partial charge on any atom is 0.130 e. The maximum atomic E-state index is 5.64. The average Bonchev–Trinajstić information content (AvgIpc) is 3.40. The van der Waals surface area contributed by atoms with E-state index in [1.54, 1.807) is 0 Å². The van der Waals surface area contributed by atoms with Crippen LogP contribution in [0, 0.1) is 6.92 Å². The first-order valence-corrected chi connectivity index (χ1v) is 10.8. The SMILES string of the molecule is Cc1nnn(C)c1-c1cc(N2CCOC[C@H]2C)nc2c(C3CC(C)NN3)nsc12. The second-order valence-corrected chi connectivity index (χ2v) is 8.79. The molecule has 0 spiro atoms. The summed E-state index contributed by atoms with van der Waals surface area (Å²) >= 11 is 1.51. The van der Waals surface area contributed by atoms with E-state index in [2.05, 4.69) is 46.0 Å². The van der Waals surface area contributed by atoms with Crippen molar-refractivity contribution in [3.05, 3.63) is 17.5 Å². The molecule has 0 amide bonds. The van der Waals surface area contributed by atoms with Gasteiger partial charge in [-0.25, -0.2) is 15.1 Å². The van der Waals surface area contributed by atoms with Gasteiger partial charge < -0.3 is 9.64 Å². The third kappa shape index (κ3) is 3.20. The van der Waals surface area contributed by atoms with Gasteiger partial charge in [-0.05, 0) is 44.8 Å². The van der Waals surface area contributed by atoms with Crippen molar-refractivity contribution in [3.63, 3.8) is 0 Å². The Morgan fingerprint density at radius 2 is 2.14 bits per heavy atom. The number of hydrazine groups is 1. The van der Waals surface area contributed by atoms with Crippen LogP contribution < -0.4 is 15.8 Å². The summed E-state index contributed by atoms with van der Waals surface area (Å²) in [6, 6.07) is 3.00. The van der Waals surface area contributed by atoms with Crippen LogP contribution in [0.3, 0.4) is 0 Å². The van der Waals surface area contributed by atoms with Gasteiger partial charge in [0, 0.05) is 25.2 Å². The Kier molecular flexibility index (Phi) is 4.73. The summed E-state index contributed by atoms with van der Waals surface area (Å²) in [4.78, 5) is 7.44. The van der Waals surface area contributed by atoms with Gasteiger partial charge in [-0.2, -0.15) is 4.37 Å². The smallest absolute Gasteiger partial charge is 0.130 e. The van der Waals surface area contributed by atoms with Crippen LogP contribution in [0.15, 0.2) is 6.07 Å². The molecule has 2 saturated heterocycles. The Morgan fingerprint density at radius 3 is 2.83 bits per heavy atom. The molecule has 0 aromatic carbocycles. The van der Waals surface area contributed by atoms with E-state index >= 15 is 0 Å². The topological polar surface area (TPSA) is 93.0 Å². The van der Waals surface area contributed by atoms with E-state index in [0.29, 0.717) is 19.3 Å². The largest absolute Gasteiger partial charge is 0.377 e. The molecule has 0 saturated carbocycles. The van der Waals surface area contributed by atoms with Crippen LogP contribution in [0.4, 0.5) is 5.82 Å². The molecule has 3 aromatic rings. The van der Waals surface area contributed by atoms with E-state index in [4.69, 9.17) is 14.1 Å². The van der Waals surface area contributed by atoms with Gasteiger partial charge in [0.1, 0.15) is 11.3 Å². The van der Waals surface area contributed by atoms with Crippen LogP contribution in [-0.2, 0) is 11.8 Å². The molecular formula is C19H26N8OS. The molecule has 5 heterocycles. The number of nitrogens with zero attached hydrogens (tertiary/aromatic N) is 6. The summed E-state index contributed by atoms with van der Waals surface area (Å²) < 4.78 is 13.4. The van der Waals surface area contributed by atoms with Gasteiger partial charge in [0.25, 0.3) is 0 Å². The molecule has 3 aromatic heterocycles. The fraction of sp³-hybridized carbons (Fsp3) is 0.579. The van der Waals surface area contributed by atoms with Crippen molar-refractivity contribution in [2.24, 2.45) is 7.05 Å². The van der Waals surface area contributed by atoms with Crippen LogP contribution in [0.2, 0.25) is 0 Å². The Bertz CT molecular complexity index is 1030. The molecular weight excluding hydrogens is 388 g/mol. The Hall–Kier alpha value is -2.14. The highest BCUT2D eigenvalue weighted by molar-refractivity contribution is 7.14. The first kappa shape index (κ1) is 18.9. The van der Waals surface area contributed by atoms with Crippen LogP contribution in [0.25, 0.3) is 21.5 Å². The number of anilines is 1. The minimum atomic E-state index is 0.155. The number of rotatable bonds is 3. The summed E-state index contributed by atoms with van der Waals surface area (Å²) in [5.41, 5.74) is 11.7. The van der Waals surface area contributed by atoms with Crippen LogP contribution in [0.5, 0.6) is 0 Å². The zero-order valence-electron chi connectivity index (χ0n) is 17.1. The third-order valence-electron chi connectivity index (χ3n) is 5.77. The van der Waals surface area contributed by atoms with Gasteiger partial charge in [0.05, 0.1) is 47.1 Å². The van der Waals surface area contributed by atoms with Gasteiger partial charge in [0.2, 0.25) is 0 Å². The summed E-state index contributed by atoms with van der Waals surface area (Å²) in [6.07, 6.45) is 0.986. The number of morpholine rings is 1. The molecule has 2 N–H and O–H groups in total. The fourth-order valence-corrected chi connectivity index (χ4v) is 5.16. The molecule has 2 aliphatic rings. The first-order valence-electron chi connectivity index (χ1n) is 10.1. The standard InChI is InChI=1S/C19H26N8OS/c1-10-7-14(23-21-10)16-17-19(29-24-16)13(18-12(3)22-25-26(18)4)8-15(20-17)27-5-6-28-9-11(27)2/h8,10-11,14,21,23H,5-7,9H2,1-4H3/t10?,11-,14?/m1/s1. The molecule has 2 unspecified atom stereocenters. The van der Waals surface area contributed by atoms with E-state index in [0.717, 1.165) is 51.6 Å². The Balaban J connectivity index is 1.71. The molecule has 0 aliphatic carbocycles. The second kappa shape index (κ2) is 7.28. The average molecular weight is 415 g/mol. The molecule has 10 heteroatoms. The zero-order chi connectivity index (χ0) is 20.1. The van der Waals surface area contributed by atoms with Crippen molar-refractivity contribution in [3.8, 4) is 11.3 Å². The van der Waals surface area contributed by atoms with Crippen molar-refractivity contribution in [2.45, 2.75) is 45.3 Å². The van der Waals surface area contributed by atoms with Gasteiger partial charge in [-0.15, -0.1) is 5.10 Å². The number of pyridine rings is 1. The molecule has 5 rings (SSSR count). The van der Waals surface area contributed by atoms with Crippen molar-refractivity contribution in [1.82, 2.24) is 35.2 Å². The number of fused-ring (bicyclic) bond motifs is 1. The van der Waals surface area contributed by atoms with Crippen LogP contribution in [-0.4, -0.2) is 56.2 Å². The number of nitrogens with one attached hydrogen (secondary N) is 2.